The number of piperidine rings is 1. The quantitative estimate of drug-likeness (QED) is 0.618. The van der Waals surface area contributed by atoms with Crippen molar-refractivity contribution in [3.63, 3.8) is 0 Å². The predicted octanol–water partition coefficient (Wildman–Crippen LogP) is 3.10. The highest BCUT2D eigenvalue weighted by molar-refractivity contribution is 6.39. The van der Waals surface area contributed by atoms with Gasteiger partial charge in [-0.05, 0) is 38.0 Å². The Hall–Kier alpha value is -2.29. The van der Waals surface area contributed by atoms with Crippen LogP contribution in [0.5, 0.6) is 0 Å². The zero-order chi connectivity index (χ0) is 20.2. The van der Waals surface area contributed by atoms with Crippen LogP contribution in [-0.2, 0) is 25.3 Å². The Bertz CT molecular complexity index is 739. The van der Waals surface area contributed by atoms with Gasteiger partial charge in [-0.2, -0.15) is 13.2 Å². The van der Waals surface area contributed by atoms with Gasteiger partial charge in [0.15, 0.2) is 0 Å². The standard InChI is InChI=1S/C17H18ClF3N2O4/c1-2-27-16(26)10-4-3-7-23(9-10)15(25)14(24)22-11-5-6-13(18)12(8-11)17(19,20)21/h5-6,8,10H,2-4,7,9H2,1H3,(H,22,24). The third kappa shape index (κ3) is 5.35. The molecule has 1 saturated heterocycles. The Morgan fingerprint density at radius 3 is 2.67 bits per heavy atom. The Morgan fingerprint density at radius 2 is 2.04 bits per heavy atom. The molecule has 1 aliphatic heterocycles. The largest absolute Gasteiger partial charge is 0.466 e. The Kier molecular flexibility index (Phi) is 6.69. The first kappa shape index (κ1) is 21.0. The number of rotatable bonds is 3. The molecule has 0 bridgehead atoms. The summed E-state index contributed by atoms with van der Waals surface area (Å²) >= 11 is 5.52. The second-order valence-electron chi connectivity index (χ2n) is 5.99. The number of carbonyl (C=O) groups excluding carboxylic acids is 3. The predicted molar refractivity (Wildman–Crippen MR) is 91.0 cm³/mol. The van der Waals surface area contributed by atoms with Gasteiger partial charge in [0.05, 0.1) is 23.1 Å². The lowest BCUT2D eigenvalue weighted by Crippen LogP contribution is -2.47. The van der Waals surface area contributed by atoms with Crippen LogP contribution in [0.2, 0.25) is 5.02 Å². The maximum atomic E-state index is 12.9. The van der Waals surface area contributed by atoms with Gasteiger partial charge in [0.1, 0.15) is 0 Å². The lowest BCUT2D eigenvalue weighted by molar-refractivity contribution is -0.153. The molecular weight excluding hydrogens is 389 g/mol. The fraction of sp³-hybridized carbons (Fsp3) is 0.471. The second kappa shape index (κ2) is 8.60. The molecule has 1 N–H and O–H groups in total. The number of esters is 1. The van der Waals surface area contributed by atoms with Gasteiger partial charge >= 0.3 is 24.0 Å². The zero-order valence-corrected chi connectivity index (χ0v) is 15.2. The average Bonchev–Trinajstić information content (AvgIpc) is 2.62. The molecule has 2 rings (SSSR count). The zero-order valence-electron chi connectivity index (χ0n) is 14.4. The number of hydrogen-bond acceptors (Lipinski definition) is 4. The number of likely N-dealkylation sites (tertiary alicyclic amines) is 1. The third-order valence-corrected chi connectivity index (χ3v) is 4.38. The molecule has 148 valence electrons. The summed E-state index contributed by atoms with van der Waals surface area (Å²) in [4.78, 5) is 37.4. The SMILES string of the molecule is CCOC(=O)C1CCCN(C(=O)C(=O)Nc2ccc(Cl)c(C(F)(F)F)c2)C1. The number of halogens is 4. The Morgan fingerprint density at radius 1 is 1.33 bits per heavy atom. The molecule has 0 spiro atoms. The van der Waals surface area contributed by atoms with E-state index in [-0.39, 0.29) is 25.4 Å². The molecule has 0 saturated carbocycles. The second-order valence-corrected chi connectivity index (χ2v) is 6.40. The lowest BCUT2D eigenvalue weighted by atomic mass is 9.98. The van der Waals surface area contributed by atoms with Crippen molar-refractivity contribution in [3.8, 4) is 0 Å². The van der Waals surface area contributed by atoms with Crippen LogP contribution in [0.3, 0.4) is 0 Å². The molecule has 1 heterocycles. The van der Waals surface area contributed by atoms with Crippen LogP contribution < -0.4 is 5.32 Å². The van der Waals surface area contributed by atoms with Crippen LogP contribution >= 0.6 is 11.6 Å². The van der Waals surface area contributed by atoms with Gasteiger partial charge in [-0.15, -0.1) is 0 Å². The van der Waals surface area contributed by atoms with Crippen molar-refractivity contribution >= 4 is 35.1 Å². The molecular formula is C17H18ClF3N2O4. The van der Waals surface area contributed by atoms with Crippen LogP contribution in [0.25, 0.3) is 0 Å². The van der Waals surface area contributed by atoms with E-state index in [2.05, 4.69) is 5.32 Å². The van der Waals surface area contributed by atoms with E-state index in [9.17, 15) is 27.6 Å². The Balaban J connectivity index is 2.05. The summed E-state index contributed by atoms with van der Waals surface area (Å²) in [6, 6.07) is 2.81. The monoisotopic (exact) mass is 406 g/mol. The molecule has 0 radical (unpaired) electrons. The molecule has 27 heavy (non-hydrogen) atoms. The molecule has 6 nitrogen and oxygen atoms in total. The van der Waals surface area contributed by atoms with Crippen molar-refractivity contribution in [1.29, 1.82) is 0 Å². The number of nitrogens with one attached hydrogen (secondary N) is 1. The average molecular weight is 407 g/mol. The van der Waals surface area contributed by atoms with Gasteiger partial charge in [-0.1, -0.05) is 11.6 Å². The first-order valence-electron chi connectivity index (χ1n) is 8.27. The smallest absolute Gasteiger partial charge is 0.417 e. The minimum Gasteiger partial charge on any atom is -0.466 e. The molecule has 1 atom stereocenters. The number of anilines is 1. The number of carbonyl (C=O) groups is 3. The van der Waals surface area contributed by atoms with Gasteiger partial charge in [0.25, 0.3) is 0 Å². The van der Waals surface area contributed by atoms with E-state index in [1.807, 2.05) is 0 Å². The molecule has 1 aliphatic rings. The molecule has 0 aliphatic carbocycles. The maximum Gasteiger partial charge on any atom is 0.417 e. The van der Waals surface area contributed by atoms with Crippen LogP contribution in [0.4, 0.5) is 18.9 Å². The summed E-state index contributed by atoms with van der Waals surface area (Å²) in [5, 5.41) is 1.63. The number of amides is 2. The number of benzene rings is 1. The summed E-state index contributed by atoms with van der Waals surface area (Å²) < 4.78 is 43.6. The van der Waals surface area contributed by atoms with Crippen molar-refractivity contribution in [1.82, 2.24) is 4.90 Å². The van der Waals surface area contributed by atoms with Crippen molar-refractivity contribution in [3.05, 3.63) is 28.8 Å². The van der Waals surface area contributed by atoms with Crippen LogP contribution in [-0.4, -0.2) is 42.4 Å². The molecule has 1 aromatic carbocycles. The van der Waals surface area contributed by atoms with E-state index >= 15 is 0 Å². The lowest BCUT2D eigenvalue weighted by Gasteiger charge is -2.31. The number of nitrogens with zero attached hydrogens (tertiary/aromatic N) is 1. The number of hydrogen-bond donors (Lipinski definition) is 1. The van der Waals surface area contributed by atoms with Crippen LogP contribution in [0.15, 0.2) is 18.2 Å². The van der Waals surface area contributed by atoms with E-state index in [1.54, 1.807) is 6.92 Å². The van der Waals surface area contributed by atoms with Crippen molar-refractivity contribution in [2.75, 3.05) is 25.0 Å². The first-order chi connectivity index (χ1) is 12.6. The molecule has 1 fully saturated rings. The molecule has 1 unspecified atom stereocenters. The topological polar surface area (TPSA) is 75.7 Å². The number of ether oxygens (including phenoxy) is 1. The van der Waals surface area contributed by atoms with E-state index in [0.717, 1.165) is 6.07 Å². The van der Waals surface area contributed by atoms with Crippen molar-refractivity contribution < 1.29 is 32.3 Å². The van der Waals surface area contributed by atoms with Crippen molar-refractivity contribution in [2.45, 2.75) is 25.9 Å². The molecule has 2 amide bonds. The van der Waals surface area contributed by atoms with Gasteiger partial charge in [0.2, 0.25) is 0 Å². The minimum absolute atomic E-state index is 0.0273. The minimum atomic E-state index is -4.69. The highest BCUT2D eigenvalue weighted by Gasteiger charge is 2.34. The summed E-state index contributed by atoms with van der Waals surface area (Å²) in [6.45, 7) is 2.18. The van der Waals surface area contributed by atoms with Gasteiger partial charge in [-0.3, -0.25) is 14.4 Å². The van der Waals surface area contributed by atoms with Crippen molar-refractivity contribution in [2.24, 2.45) is 5.92 Å². The third-order valence-electron chi connectivity index (χ3n) is 4.05. The van der Waals surface area contributed by atoms with E-state index in [1.165, 1.54) is 11.0 Å². The molecule has 0 aromatic heterocycles. The van der Waals surface area contributed by atoms with Gasteiger partial charge < -0.3 is 15.0 Å². The summed E-state index contributed by atoms with van der Waals surface area (Å²) in [7, 11) is 0. The fourth-order valence-corrected chi connectivity index (χ4v) is 2.99. The van der Waals surface area contributed by atoms with E-state index < -0.39 is 40.5 Å². The molecule has 10 heteroatoms. The summed E-state index contributed by atoms with van der Waals surface area (Å²) in [5.74, 6) is -2.98. The van der Waals surface area contributed by atoms with E-state index in [0.29, 0.717) is 18.9 Å². The van der Waals surface area contributed by atoms with Gasteiger partial charge in [-0.25, -0.2) is 0 Å². The molecule has 1 aromatic rings. The van der Waals surface area contributed by atoms with Gasteiger partial charge in [0, 0.05) is 18.8 Å². The normalized spacial score (nSPS) is 17.4. The van der Waals surface area contributed by atoms with Crippen LogP contribution in [0, 0.1) is 5.92 Å². The highest BCUT2D eigenvalue weighted by atomic mass is 35.5. The summed E-state index contributed by atoms with van der Waals surface area (Å²) in [5.41, 5.74) is -1.32. The van der Waals surface area contributed by atoms with Crippen LogP contribution in [0.1, 0.15) is 25.3 Å². The summed E-state index contributed by atoms with van der Waals surface area (Å²) in [6.07, 6.45) is -3.64. The first-order valence-corrected chi connectivity index (χ1v) is 8.65. The Labute approximate surface area is 158 Å². The maximum absolute atomic E-state index is 12.9. The number of alkyl halides is 3. The highest BCUT2D eigenvalue weighted by Crippen LogP contribution is 2.36. The fourth-order valence-electron chi connectivity index (χ4n) is 2.76. The van der Waals surface area contributed by atoms with E-state index in [4.69, 9.17) is 16.3 Å².